The van der Waals surface area contributed by atoms with E-state index in [9.17, 15) is 4.79 Å². The molecule has 1 aliphatic heterocycles. The van der Waals surface area contributed by atoms with Crippen molar-refractivity contribution in [3.8, 4) is 0 Å². The number of rotatable bonds is 1. The van der Waals surface area contributed by atoms with Crippen molar-refractivity contribution in [3.63, 3.8) is 0 Å². The van der Waals surface area contributed by atoms with Crippen molar-refractivity contribution >= 4 is 17.5 Å². The average molecular weight is 267 g/mol. The standard InChI is InChI=1S/C14H19ClN2O/c1-14(2,3)11-8-10(9-12(15)16-11)13(18)17-6-4-5-7-17/h8-9H,4-7H2,1-3H3. The van der Waals surface area contributed by atoms with Crippen molar-refractivity contribution in [2.45, 2.75) is 39.0 Å². The number of hydrogen-bond donors (Lipinski definition) is 0. The first kappa shape index (κ1) is 13.3. The molecular formula is C14H19ClN2O. The van der Waals surface area contributed by atoms with Gasteiger partial charge in [0.1, 0.15) is 5.15 Å². The van der Waals surface area contributed by atoms with Crippen LogP contribution in [0.3, 0.4) is 0 Å². The van der Waals surface area contributed by atoms with Crippen molar-refractivity contribution in [1.29, 1.82) is 0 Å². The second kappa shape index (κ2) is 4.88. The van der Waals surface area contributed by atoms with E-state index >= 15 is 0 Å². The molecule has 1 fully saturated rings. The van der Waals surface area contributed by atoms with Crippen molar-refractivity contribution in [3.05, 3.63) is 28.5 Å². The minimum atomic E-state index is -0.106. The fraction of sp³-hybridized carbons (Fsp3) is 0.571. The summed E-state index contributed by atoms with van der Waals surface area (Å²) in [6.45, 7) is 7.90. The fourth-order valence-electron chi connectivity index (χ4n) is 2.11. The molecule has 0 atom stereocenters. The Morgan fingerprint density at radius 1 is 1.28 bits per heavy atom. The lowest BCUT2D eigenvalue weighted by atomic mass is 9.91. The molecule has 2 heterocycles. The quantitative estimate of drug-likeness (QED) is 0.731. The highest BCUT2D eigenvalue weighted by Crippen LogP contribution is 2.24. The van der Waals surface area contributed by atoms with Gasteiger partial charge in [-0.3, -0.25) is 4.79 Å². The highest BCUT2D eigenvalue weighted by Gasteiger charge is 2.23. The van der Waals surface area contributed by atoms with E-state index in [2.05, 4.69) is 25.8 Å². The molecule has 98 valence electrons. The Kier molecular flexibility index (Phi) is 3.62. The number of likely N-dealkylation sites (tertiary alicyclic amines) is 1. The van der Waals surface area contributed by atoms with Gasteiger partial charge in [0.2, 0.25) is 0 Å². The largest absolute Gasteiger partial charge is 0.339 e. The molecule has 2 rings (SSSR count). The number of pyridine rings is 1. The number of aromatic nitrogens is 1. The smallest absolute Gasteiger partial charge is 0.254 e. The minimum Gasteiger partial charge on any atom is -0.339 e. The lowest BCUT2D eigenvalue weighted by Gasteiger charge is -2.20. The fourth-order valence-corrected chi connectivity index (χ4v) is 2.32. The summed E-state index contributed by atoms with van der Waals surface area (Å²) in [5, 5.41) is 0.393. The van der Waals surface area contributed by atoms with Crippen LogP contribution in [0.25, 0.3) is 0 Å². The van der Waals surface area contributed by atoms with Gasteiger partial charge in [-0.25, -0.2) is 4.98 Å². The minimum absolute atomic E-state index is 0.0716. The van der Waals surface area contributed by atoms with Gasteiger partial charge in [0, 0.05) is 29.8 Å². The molecule has 1 aromatic heterocycles. The maximum Gasteiger partial charge on any atom is 0.254 e. The number of carbonyl (C=O) groups is 1. The Hall–Kier alpha value is -1.09. The van der Waals surface area contributed by atoms with Crippen molar-refractivity contribution in [2.75, 3.05) is 13.1 Å². The van der Waals surface area contributed by atoms with Gasteiger partial charge in [-0.05, 0) is 25.0 Å². The van der Waals surface area contributed by atoms with Crippen LogP contribution in [0.4, 0.5) is 0 Å². The summed E-state index contributed by atoms with van der Waals surface area (Å²) in [7, 11) is 0. The first-order valence-corrected chi connectivity index (χ1v) is 6.73. The zero-order valence-electron chi connectivity index (χ0n) is 11.2. The van der Waals surface area contributed by atoms with Gasteiger partial charge in [-0.2, -0.15) is 0 Å². The second-order valence-electron chi connectivity index (χ2n) is 5.81. The maximum atomic E-state index is 12.3. The molecule has 0 aromatic carbocycles. The normalized spacial score (nSPS) is 16.1. The molecule has 1 amide bonds. The van der Waals surface area contributed by atoms with E-state index in [1.165, 1.54) is 0 Å². The van der Waals surface area contributed by atoms with E-state index < -0.39 is 0 Å². The number of nitrogens with zero attached hydrogens (tertiary/aromatic N) is 2. The van der Waals surface area contributed by atoms with E-state index in [4.69, 9.17) is 11.6 Å². The van der Waals surface area contributed by atoms with Gasteiger partial charge in [0.15, 0.2) is 0 Å². The van der Waals surface area contributed by atoms with Gasteiger partial charge in [0.25, 0.3) is 5.91 Å². The second-order valence-corrected chi connectivity index (χ2v) is 6.20. The summed E-state index contributed by atoms with van der Waals surface area (Å²) in [5.41, 5.74) is 1.41. The highest BCUT2D eigenvalue weighted by molar-refractivity contribution is 6.29. The highest BCUT2D eigenvalue weighted by atomic mass is 35.5. The van der Waals surface area contributed by atoms with Gasteiger partial charge in [-0.1, -0.05) is 32.4 Å². The third-order valence-electron chi connectivity index (χ3n) is 3.20. The molecule has 0 radical (unpaired) electrons. The Labute approximate surface area is 113 Å². The van der Waals surface area contributed by atoms with E-state index in [1.54, 1.807) is 6.07 Å². The van der Waals surface area contributed by atoms with Crippen LogP contribution in [-0.4, -0.2) is 28.9 Å². The first-order valence-electron chi connectivity index (χ1n) is 6.35. The molecule has 1 aromatic rings. The molecule has 3 nitrogen and oxygen atoms in total. The first-order chi connectivity index (χ1) is 8.38. The predicted octanol–water partition coefficient (Wildman–Crippen LogP) is 3.27. The van der Waals surface area contributed by atoms with E-state index in [1.807, 2.05) is 11.0 Å². The molecule has 1 saturated heterocycles. The Morgan fingerprint density at radius 2 is 1.89 bits per heavy atom. The number of carbonyl (C=O) groups excluding carboxylic acids is 1. The zero-order chi connectivity index (χ0) is 13.3. The van der Waals surface area contributed by atoms with Gasteiger partial charge >= 0.3 is 0 Å². The Morgan fingerprint density at radius 3 is 2.44 bits per heavy atom. The topological polar surface area (TPSA) is 33.2 Å². The van der Waals surface area contributed by atoms with Crippen LogP contribution in [0.15, 0.2) is 12.1 Å². The zero-order valence-corrected chi connectivity index (χ0v) is 11.9. The molecule has 4 heteroatoms. The summed E-state index contributed by atoms with van der Waals surface area (Å²) in [5.74, 6) is 0.0716. The van der Waals surface area contributed by atoms with Crippen LogP contribution in [-0.2, 0) is 5.41 Å². The third kappa shape index (κ3) is 2.83. The SMILES string of the molecule is CC(C)(C)c1cc(C(=O)N2CCCC2)cc(Cl)n1. The van der Waals surface area contributed by atoms with Crippen LogP contribution < -0.4 is 0 Å². The molecule has 0 unspecified atom stereocenters. The van der Waals surface area contributed by atoms with Crippen LogP contribution in [0.1, 0.15) is 49.7 Å². The summed E-state index contributed by atoms with van der Waals surface area (Å²) >= 11 is 6.02. The molecule has 0 N–H and O–H groups in total. The maximum absolute atomic E-state index is 12.3. The lowest BCUT2D eigenvalue weighted by Crippen LogP contribution is -2.28. The molecule has 0 spiro atoms. The van der Waals surface area contributed by atoms with Crippen LogP contribution in [0.5, 0.6) is 0 Å². The summed E-state index contributed by atoms with van der Waals surface area (Å²) in [4.78, 5) is 18.5. The molecule has 1 aliphatic rings. The van der Waals surface area contributed by atoms with Gasteiger partial charge in [0.05, 0.1) is 0 Å². The number of halogens is 1. The summed E-state index contributed by atoms with van der Waals surface area (Å²) < 4.78 is 0. The Bertz CT molecular complexity index is 459. The third-order valence-corrected chi connectivity index (χ3v) is 3.40. The summed E-state index contributed by atoms with van der Waals surface area (Å²) in [6, 6.07) is 3.53. The molecule has 0 bridgehead atoms. The van der Waals surface area contributed by atoms with E-state index in [0.29, 0.717) is 10.7 Å². The number of hydrogen-bond acceptors (Lipinski definition) is 2. The monoisotopic (exact) mass is 266 g/mol. The van der Waals surface area contributed by atoms with Gasteiger partial charge < -0.3 is 4.90 Å². The van der Waals surface area contributed by atoms with Crippen LogP contribution >= 0.6 is 11.6 Å². The average Bonchev–Trinajstić information content (AvgIpc) is 2.79. The molecule has 0 aliphatic carbocycles. The van der Waals surface area contributed by atoms with E-state index in [0.717, 1.165) is 31.6 Å². The number of amides is 1. The lowest BCUT2D eigenvalue weighted by molar-refractivity contribution is 0.0792. The molecule has 18 heavy (non-hydrogen) atoms. The van der Waals surface area contributed by atoms with Crippen molar-refractivity contribution < 1.29 is 4.79 Å². The molecule has 0 saturated carbocycles. The van der Waals surface area contributed by atoms with Crippen molar-refractivity contribution in [2.24, 2.45) is 0 Å². The van der Waals surface area contributed by atoms with Crippen molar-refractivity contribution in [1.82, 2.24) is 9.88 Å². The van der Waals surface area contributed by atoms with E-state index in [-0.39, 0.29) is 11.3 Å². The van der Waals surface area contributed by atoms with Gasteiger partial charge in [-0.15, -0.1) is 0 Å². The van der Waals surface area contributed by atoms with Crippen LogP contribution in [0.2, 0.25) is 5.15 Å². The molecular weight excluding hydrogens is 248 g/mol. The summed E-state index contributed by atoms with van der Waals surface area (Å²) in [6.07, 6.45) is 2.19. The predicted molar refractivity (Wildman–Crippen MR) is 73.1 cm³/mol. The Balaban J connectivity index is 2.33. The van der Waals surface area contributed by atoms with Crippen LogP contribution in [0, 0.1) is 0 Å².